The van der Waals surface area contributed by atoms with Crippen molar-refractivity contribution in [2.45, 2.75) is 63.6 Å². The lowest BCUT2D eigenvalue weighted by Gasteiger charge is -2.55. The highest BCUT2D eigenvalue weighted by atomic mass is 16.6. The number of carbonyl (C=O) groups excluding carboxylic acids is 2. The van der Waals surface area contributed by atoms with Gasteiger partial charge < -0.3 is 9.84 Å². The van der Waals surface area contributed by atoms with E-state index in [-0.39, 0.29) is 28.7 Å². The number of aliphatic hydroxyl groups excluding tert-OH is 1. The van der Waals surface area contributed by atoms with Crippen molar-refractivity contribution in [3.05, 3.63) is 23.8 Å². The van der Waals surface area contributed by atoms with Gasteiger partial charge in [-0.1, -0.05) is 19.1 Å². The van der Waals surface area contributed by atoms with Gasteiger partial charge in [0.1, 0.15) is 5.60 Å². The first kappa shape index (κ1) is 15.8. The Morgan fingerprint density at radius 2 is 2.04 bits per heavy atom. The fourth-order valence-electron chi connectivity index (χ4n) is 7.02. The van der Waals surface area contributed by atoms with E-state index in [1.165, 1.54) is 0 Å². The summed E-state index contributed by atoms with van der Waals surface area (Å²) in [5.41, 5.74) is 0.600. The summed E-state index contributed by atoms with van der Waals surface area (Å²) in [5.74, 6) is 1.41. The molecule has 1 aliphatic heterocycles. The van der Waals surface area contributed by atoms with E-state index in [1.54, 1.807) is 6.08 Å². The monoisotopic (exact) mass is 342 g/mol. The molecule has 0 radical (unpaired) electrons. The van der Waals surface area contributed by atoms with Gasteiger partial charge in [0, 0.05) is 18.3 Å². The minimum Gasteiger partial charge on any atom is -0.458 e. The summed E-state index contributed by atoms with van der Waals surface area (Å²) in [6.07, 6.45) is 11.2. The second-order valence-corrected chi connectivity index (χ2v) is 9.07. The van der Waals surface area contributed by atoms with Gasteiger partial charge in [0.15, 0.2) is 5.78 Å². The number of fused-ring (bicyclic) bond motifs is 6. The zero-order valence-corrected chi connectivity index (χ0v) is 14.7. The lowest BCUT2D eigenvalue weighted by molar-refractivity contribution is -0.173. The van der Waals surface area contributed by atoms with Crippen molar-refractivity contribution in [1.82, 2.24) is 0 Å². The van der Waals surface area contributed by atoms with Crippen LogP contribution in [0.3, 0.4) is 0 Å². The molecule has 4 heteroatoms. The van der Waals surface area contributed by atoms with Crippen molar-refractivity contribution in [2.24, 2.45) is 29.1 Å². The molecule has 25 heavy (non-hydrogen) atoms. The smallest absolute Gasteiger partial charge is 0.306 e. The van der Waals surface area contributed by atoms with Gasteiger partial charge in [-0.2, -0.15) is 0 Å². The maximum absolute atomic E-state index is 11.9. The molecule has 0 amide bonds. The van der Waals surface area contributed by atoms with E-state index in [1.807, 2.05) is 0 Å². The van der Waals surface area contributed by atoms with E-state index >= 15 is 0 Å². The van der Waals surface area contributed by atoms with Gasteiger partial charge >= 0.3 is 5.97 Å². The van der Waals surface area contributed by atoms with Crippen molar-refractivity contribution in [3.8, 4) is 0 Å². The Labute approximate surface area is 148 Å². The first-order valence-corrected chi connectivity index (χ1v) is 9.76. The van der Waals surface area contributed by atoms with Crippen LogP contribution in [-0.4, -0.2) is 28.6 Å². The van der Waals surface area contributed by atoms with Crippen molar-refractivity contribution < 1.29 is 19.4 Å². The van der Waals surface area contributed by atoms with Crippen molar-refractivity contribution in [3.63, 3.8) is 0 Å². The number of allylic oxidation sites excluding steroid dienone is 4. The molecule has 1 spiro atoms. The zero-order valence-electron chi connectivity index (χ0n) is 14.7. The van der Waals surface area contributed by atoms with Gasteiger partial charge in [0.05, 0.1) is 6.10 Å². The number of carbonyl (C=O) groups is 2. The minimum atomic E-state index is -0.396. The molecule has 4 nitrogen and oxygen atoms in total. The third-order valence-corrected chi connectivity index (χ3v) is 8.18. The Bertz CT molecular complexity index is 707. The molecule has 1 saturated heterocycles. The predicted octanol–water partition coefficient (Wildman–Crippen LogP) is 2.95. The van der Waals surface area contributed by atoms with E-state index in [4.69, 9.17) is 4.74 Å². The molecule has 1 N–H and O–H groups in total. The van der Waals surface area contributed by atoms with Crippen LogP contribution < -0.4 is 0 Å². The quantitative estimate of drug-likeness (QED) is 0.688. The van der Waals surface area contributed by atoms with Crippen LogP contribution in [0, 0.1) is 29.1 Å². The van der Waals surface area contributed by atoms with Crippen LogP contribution >= 0.6 is 0 Å². The summed E-state index contributed by atoms with van der Waals surface area (Å²) in [4.78, 5) is 23.6. The van der Waals surface area contributed by atoms with Crippen molar-refractivity contribution >= 4 is 11.8 Å². The van der Waals surface area contributed by atoms with Crippen molar-refractivity contribution in [1.29, 1.82) is 0 Å². The number of ether oxygens (including phenoxy) is 1. The Balaban J connectivity index is 1.54. The summed E-state index contributed by atoms with van der Waals surface area (Å²) in [7, 11) is 0. The van der Waals surface area contributed by atoms with Crippen LogP contribution in [0.4, 0.5) is 0 Å². The second kappa shape index (κ2) is 5.06. The second-order valence-electron chi connectivity index (χ2n) is 9.07. The number of aliphatic hydroxyl groups is 1. The van der Waals surface area contributed by atoms with Crippen LogP contribution in [-0.2, 0) is 14.3 Å². The zero-order chi connectivity index (χ0) is 17.4. The van der Waals surface area contributed by atoms with Gasteiger partial charge in [-0.05, 0) is 67.4 Å². The fourth-order valence-corrected chi connectivity index (χ4v) is 7.02. The summed E-state index contributed by atoms with van der Waals surface area (Å²) >= 11 is 0. The Morgan fingerprint density at radius 1 is 1.20 bits per heavy atom. The third kappa shape index (κ3) is 1.98. The molecule has 134 valence electrons. The van der Waals surface area contributed by atoms with Gasteiger partial charge in [-0.25, -0.2) is 0 Å². The molecule has 7 atom stereocenters. The predicted molar refractivity (Wildman–Crippen MR) is 91.4 cm³/mol. The standard InChI is InChI=1S/C21H26O4/c1-20-11-17(23)19-14-5-3-13(22)10-12(14)2-4-15(19)16(20)6-8-21(20)9-7-18(24)25-21/h2,4,10,14-17,19,23H,3,5-9,11H2,1H3/t14-,15-,16-,17+,19+,20-,21+/m0/s1. The van der Waals surface area contributed by atoms with Crippen LogP contribution in [0.2, 0.25) is 0 Å². The van der Waals surface area contributed by atoms with Crippen LogP contribution in [0.1, 0.15) is 51.9 Å². The topological polar surface area (TPSA) is 63.6 Å². The highest BCUT2D eigenvalue weighted by Crippen LogP contribution is 2.66. The van der Waals surface area contributed by atoms with Gasteiger partial charge in [-0.3, -0.25) is 9.59 Å². The normalized spacial score (nSPS) is 51.0. The first-order chi connectivity index (χ1) is 11.9. The molecule has 2 saturated carbocycles. The highest BCUT2D eigenvalue weighted by molar-refractivity contribution is 5.92. The largest absolute Gasteiger partial charge is 0.458 e. The highest BCUT2D eigenvalue weighted by Gasteiger charge is 2.67. The van der Waals surface area contributed by atoms with E-state index in [0.29, 0.717) is 37.0 Å². The Kier molecular flexibility index (Phi) is 3.20. The van der Waals surface area contributed by atoms with E-state index < -0.39 is 6.10 Å². The maximum atomic E-state index is 11.9. The molecule has 4 aliphatic carbocycles. The Morgan fingerprint density at radius 3 is 2.80 bits per heavy atom. The van der Waals surface area contributed by atoms with E-state index in [2.05, 4.69) is 19.1 Å². The number of rotatable bonds is 0. The van der Waals surface area contributed by atoms with Crippen LogP contribution in [0.15, 0.2) is 23.8 Å². The number of hydrogen-bond donors (Lipinski definition) is 1. The van der Waals surface area contributed by atoms with E-state index in [9.17, 15) is 14.7 Å². The lowest BCUT2D eigenvalue weighted by atomic mass is 9.51. The first-order valence-electron chi connectivity index (χ1n) is 9.76. The molecule has 0 unspecified atom stereocenters. The average molecular weight is 342 g/mol. The molecule has 1 heterocycles. The molecular formula is C21H26O4. The van der Waals surface area contributed by atoms with Crippen LogP contribution in [0.5, 0.6) is 0 Å². The molecule has 0 aromatic carbocycles. The molecule has 5 aliphatic rings. The molecule has 5 rings (SSSR count). The van der Waals surface area contributed by atoms with Gasteiger partial charge in [-0.15, -0.1) is 0 Å². The molecule has 0 bridgehead atoms. The SMILES string of the molecule is C[C@]12C[C@@H](O)[C@H]3[C@@H](C=CC4=CC(=O)CC[C@@H]43)[C@@H]1CC[C@@]21CCC(=O)O1. The van der Waals surface area contributed by atoms with E-state index in [0.717, 1.165) is 31.3 Å². The maximum Gasteiger partial charge on any atom is 0.306 e. The van der Waals surface area contributed by atoms with Gasteiger partial charge in [0.2, 0.25) is 0 Å². The third-order valence-electron chi connectivity index (χ3n) is 8.18. The summed E-state index contributed by atoms with van der Waals surface area (Å²) in [6.45, 7) is 2.24. The minimum absolute atomic E-state index is 0.0753. The number of ketones is 1. The molecule has 0 aromatic heterocycles. The molecule has 3 fully saturated rings. The molecule has 0 aromatic rings. The lowest BCUT2D eigenvalue weighted by Crippen LogP contribution is -2.56. The summed E-state index contributed by atoms with van der Waals surface area (Å²) < 4.78 is 5.90. The fraction of sp³-hybridized carbons (Fsp3) is 0.714. The Hall–Kier alpha value is -1.42. The summed E-state index contributed by atoms with van der Waals surface area (Å²) in [6, 6.07) is 0. The van der Waals surface area contributed by atoms with Crippen molar-refractivity contribution in [2.75, 3.05) is 0 Å². The van der Waals surface area contributed by atoms with Gasteiger partial charge in [0.25, 0.3) is 0 Å². The number of esters is 1. The summed E-state index contributed by atoms with van der Waals surface area (Å²) in [5, 5.41) is 11.1. The average Bonchev–Trinajstić information content (AvgIpc) is 3.08. The number of hydrogen-bond acceptors (Lipinski definition) is 4. The van der Waals surface area contributed by atoms with Crippen LogP contribution in [0.25, 0.3) is 0 Å². The molecular weight excluding hydrogens is 316 g/mol.